The molecule has 5 nitrogen and oxygen atoms in total. The van der Waals surface area contributed by atoms with Crippen LogP contribution in [-0.4, -0.2) is 45.4 Å². The van der Waals surface area contributed by atoms with Crippen LogP contribution < -0.4 is 14.2 Å². The van der Waals surface area contributed by atoms with Crippen LogP contribution in [0.3, 0.4) is 0 Å². The van der Waals surface area contributed by atoms with E-state index in [-0.39, 0.29) is 0 Å². The Bertz CT molecular complexity index is 817. The van der Waals surface area contributed by atoms with E-state index < -0.39 is 5.41 Å². The quantitative estimate of drug-likeness (QED) is 0.657. The van der Waals surface area contributed by atoms with Crippen molar-refractivity contribution in [1.82, 2.24) is 4.90 Å². The number of rotatable bonds is 9. The number of benzene rings is 2. The van der Waals surface area contributed by atoms with E-state index in [0.717, 1.165) is 55.2 Å². The largest absolute Gasteiger partial charge is 0.493 e. The highest BCUT2D eigenvalue weighted by atomic mass is 16.5. The highest BCUT2D eigenvalue weighted by molar-refractivity contribution is 5.45. The van der Waals surface area contributed by atoms with Gasteiger partial charge >= 0.3 is 0 Å². The maximum Gasteiger partial charge on any atom is 0.161 e. The summed E-state index contributed by atoms with van der Waals surface area (Å²) in [5, 5.41) is 9.92. The summed E-state index contributed by atoms with van der Waals surface area (Å²) in [5.41, 5.74) is 0.592. The molecule has 0 saturated carbocycles. The van der Waals surface area contributed by atoms with E-state index in [9.17, 15) is 5.26 Å². The average Bonchev–Trinajstić information content (AvgIpc) is 2.74. The number of likely N-dealkylation sites (N-methyl/N-ethyl adjacent to an activating group) is 1. The van der Waals surface area contributed by atoms with Gasteiger partial charge in [-0.3, -0.25) is 0 Å². The van der Waals surface area contributed by atoms with Crippen LogP contribution in [0.4, 0.5) is 0 Å². The minimum atomic E-state index is -0.441. The van der Waals surface area contributed by atoms with Gasteiger partial charge in [0.05, 0.1) is 25.2 Å². The summed E-state index contributed by atoms with van der Waals surface area (Å²) in [6, 6.07) is 18.2. The Morgan fingerprint density at radius 3 is 2.64 bits per heavy atom. The molecule has 0 saturated heterocycles. The molecule has 0 amide bonds. The average molecular weight is 380 g/mol. The highest BCUT2D eigenvalue weighted by Gasteiger charge is 2.37. The first kappa shape index (κ1) is 20.0. The molecule has 0 N–H and O–H groups in total. The van der Waals surface area contributed by atoms with Gasteiger partial charge in [-0.05, 0) is 44.6 Å². The number of hydrogen-bond acceptors (Lipinski definition) is 5. The molecule has 148 valence electrons. The Hall–Kier alpha value is -2.71. The summed E-state index contributed by atoms with van der Waals surface area (Å²) >= 11 is 0. The molecular formula is C23H28N2O3. The summed E-state index contributed by atoms with van der Waals surface area (Å²) in [5.74, 6) is 2.37. The normalized spacial score (nSPS) is 18.1. The van der Waals surface area contributed by atoms with E-state index in [1.807, 2.05) is 48.5 Å². The summed E-state index contributed by atoms with van der Waals surface area (Å²) < 4.78 is 16.9. The van der Waals surface area contributed by atoms with Crippen LogP contribution >= 0.6 is 0 Å². The van der Waals surface area contributed by atoms with Crippen molar-refractivity contribution in [1.29, 1.82) is 5.26 Å². The molecule has 1 aliphatic rings. The van der Waals surface area contributed by atoms with Crippen LogP contribution in [-0.2, 0) is 5.41 Å². The van der Waals surface area contributed by atoms with Crippen molar-refractivity contribution in [3.8, 4) is 23.3 Å². The van der Waals surface area contributed by atoms with Gasteiger partial charge in [0.15, 0.2) is 11.5 Å². The smallest absolute Gasteiger partial charge is 0.161 e. The zero-order chi connectivity index (χ0) is 19.8. The fraction of sp³-hybridized carbons (Fsp3) is 0.435. The van der Waals surface area contributed by atoms with E-state index in [1.165, 1.54) is 0 Å². The molecule has 5 heteroatoms. The molecular weight excluding hydrogens is 352 g/mol. The Balaban J connectivity index is 1.47. The molecule has 1 atom stereocenters. The van der Waals surface area contributed by atoms with Gasteiger partial charge in [0, 0.05) is 18.5 Å². The predicted octanol–water partition coefficient (Wildman–Crippen LogP) is 4.03. The van der Waals surface area contributed by atoms with Gasteiger partial charge in [0.1, 0.15) is 12.4 Å². The first-order chi connectivity index (χ1) is 13.7. The first-order valence-electron chi connectivity index (χ1n) is 9.76. The Morgan fingerprint density at radius 2 is 1.86 bits per heavy atom. The molecule has 28 heavy (non-hydrogen) atoms. The van der Waals surface area contributed by atoms with Crippen molar-refractivity contribution in [2.75, 3.05) is 40.5 Å². The SMILES string of the molecule is COc1ccccc1OCCN(C)CCC[C@@]1(C#N)CCOc2ccccc21. The number of ether oxygens (including phenoxy) is 3. The first-order valence-corrected chi connectivity index (χ1v) is 9.76. The molecule has 0 unspecified atom stereocenters. The highest BCUT2D eigenvalue weighted by Crippen LogP contribution is 2.41. The van der Waals surface area contributed by atoms with Crippen molar-refractivity contribution >= 4 is 0 Å². The van der Waals surface area contributed by atoms with Crippen LogP contribution in [0, 0.1) is 11.3 Å². The van der Waals surface area contributed by atoms with Gasteiger partial charge < -0.3 is 19.1 Å². The van der Waals surface area contributed by atoms with Gasteiger partial charge in [-0.2, -0.15) is 5.26 Å². The number of nitrogens with zero attached hydrogens (tertiary/aromatic N) is 2. The van der Waals surface area contributed by atoms with Crippen LogP contribution in [0.25, 0.3) is 0 Å². The number of methoxy groups -OCH3 is 1. The molecule has 0 aliphatic carbocycles. The van der Waals surface area contributed by atoms with E-state index >= 15 is 0 Å². The second kappa shape index (κ2) is 9.48. The predicted molar refractivity (Wildman–Crippen MR) is 109 cm³/mol. The van der Waals surface area contributed by atoms with Gasteiger partial charge in [-0.15, -0.1) is 0 Å². The van der Waals surface area contributed by atoms with E-state index in [4.69, 9.17) is 14.2 Å². The van der Waals surface area contributed by atoms with Crippen molar-refractivity contribution < 1.29 is 14.2 Å². The minimum absolute atomic E-state index is 0.441. The third-order valence-corrected chi connectivity index (χ3v) is 5.35. The second-order valence-corrected chi connectivity index (χ2v) is 7.19. The van der Waals surface area contributed by atoms with Gasteiger partial charge in [0.25, 0.3) is 0 Å². The molecule has 0 spiro atoms. The molecule has 0 radical (unpaired) electrons. The standard InChI is InChI=1S/C23H28N2O3/c1-25(15-17-28-22-11-6-5-10-21(22)26-2)14-7-12-23(18-24)13-16-27-20-9-4-3-8-19(20)23/h3-6,8-11H,7,12-17H2,1-2H3/t23-/m0/s1. The zero-order valence-electron chi connectivity index (χ0n) is 16.7. The lowest BCUT2D eigenvalue weighted by atomic mass is 9.74. The topological polar surface area (TPSA) is 54.7 Å². The Kier molecular flexibility index (Phi) is 6.78. The second-order valence-electron chi connectivity index (χ2n) is 7.19. The van der Waals surface area contributed by atoms with Crippen molar-refractivity contribution in [2.45, 2.75) is 24.7 Å². The molecule has 0 bridgehead atoms. The summed E-state index contributed by atoms with van der Waals surface area (Å²) in [6.45, 7) is 2.93. The van der Waals surface area contributed by atoms with Gasteiger partial charge in [-0.25, -0.2) is 0 Å². The number of nitriles is 1. The molecule has 0 aromatic heterocycles. The molecule has 3 rings (SSSR count). The third-order valence-electron chi connectivity index (χ3n) is 5.35. The van der Waals surface area contributed by atoms with Crippen LogP contribution in [0.1, 0.15) is 24.8 Å². The summed E-state index contributed by atoms with van der Waals surface area (Å²) in [4.78, 5) is 2.24. The molecule has 1 aliphatic heterocycles. The maximum atomic E-state index is 9.92. The zero-order valence-corrected chi connectivity index (χ0v) is 16.7. The Morgan fingerprint density at radius 1 is 1.11 bits per heavy atom. The molecule has 2 aromatic rings. The van der Waals surface area contributed by atoms with E-state index in [2.05, 4.69) is 18.0 Å². The minimum Gasteiger partial charge on any atom is -0.493 e. The lowest BCUT2D eigenvalue weighted by Gasteiger charge is -2.33. The number of fused-ring (bicyclic) bond motifs is 1. The van der Waals surface area contributed by atoms with Crippen LogP contribution in [0.2, 0.25) is 0 Å². The lowest BCUT2D eigenvalue weighted by Crippen LogP contribution is -2.33. The van der Waals surface area contributed by atoms with E-state index in [1.54, 1.807) is 7.11 Å². The van der Waals surface area contributed by atoms with E-state index in [0.29, 0.717) is 13.2 Å². The maximum absolute atomic E-state index is 9.92. The molecule has 2 aromatic carbocycles. The Labute approximate surface area is 167 Å². The van der Waals surface area contributed by atoms with Crippen molar-refractivity contribution in [3.63, 3.8) is 0 Å². The van der Waals surface area contributed by atoms with Crippen molar-refractivity contribution in [3.05, 3.63) is 54.1 Å². The summed E-state index contributed by atoms with van der Waals surface area (Å²) in [7, 11) is 3.73. The fourth-order valence-electron chi connectivity index (χ4n) is 3.70. The lowest BCUT2D eigenvalue weighted by molar-refractivity contribution is 0.212. The third kappa shape index (κ3) is 4.58. The number of hydrogen-bond donors (Lipinski definition) is 0. The van der Waals surface area contributed by atoms with Crippen molar-refractivity contribution in [2.24, 2.45) is 0 Å². The molecule has 1 heterocycles. The summed E-state index contributed by atoms with van der Waals surface area (Å²) in [6.07, 6.45) is 2.54. The fourth-order valence-corrected chi connectivity index (χ4v) is 3.70. The van der Waals surface area contributed by atoms with Crippen LogP contribution in [0.15, 0.2) is 48.5 Å². The van der Waals surface area contributed by atoms with Gasteiger partial charge in [-0.1, -0.05) is 30.3 Å². The van der Waals surface area contributed by atoms with Gasteiger partial charge in [0.2, 0.25) is 0 Å². The molecule has 0 fully saturated rings. The number of para-hydroxylation sites is 3. The van der Waals surface area contributed by atoms with Crippen LogP contribution in [0.5, 0.6) is 17.2 Å². The monoisotopic (exact) mass is 380 g/mol.